The number of fused-ring (bicyclic) bond motifs is 4. The Bertz CT molecular complexity index is 1430. The van der Waals surface area contributed by atoms with E-state index in [1.165, 1.54) is 0 Å². The highest BCUT2D eigenvalue weighted by atomic mass is 32.1. The molecule has 2 amide bonds. The van der Waals surface area contributed by atoms with Gasteiger partial charge in [-0.25, -0.2) is 0 Å². The molecule has 0 saturated carbocycles. The first-order valence-corrected chi connectivity index (χ1v) is 11.4. The third kappa shape index (κ3) is 2.65. The molecule has 6 heteroatoms. The van der Waals surface area contributed by atoms with Crippen molar-refractivity contribution in [2.24, 2.45) is 11.7 Å². The van der Waals surface area contributed by atoms with E-state index in [1.54, 1.807) is 11.3 Å². The zero-order chi connectivity index (χ0) is 21.1. The number of rotatable bonds is 3. The molecule has 2 aromatic heterocycles. The second kappa shape index (κ2) is 6.90. The van der Waals surface area contributed by atoms with Crippen LogP contribution in [0.4, 0.5) is 0 Å². The predicted octanol–water partition coefficient (Wildman–Crippen LogP) is 3.94. The number of carbonyl (C=O) groups excluding carboxylic acids is 2. The number of aromatic nitrogens is 1. The van der Waals surface area contributed by atoms with Gasteiger partial charge in [0.05, 0.1) is 11.1 Å². The lowest BCUT2D eigenvalue weighted by molar-refractivity contribution is -0.122. The lowest BCUT2D eigenvalue weighted by Gasteiger charge is -2.24. The predicted molar refractivity (Wildman–Crippen MR) is 125 cm³/mol. The number of amides is 2. The Morgan fingerprint density at radius 1 is 1.00 bits per heavy atom. The molecule has 154 valence electrons. The van der Waals surface area contributed by atoms with E-state index in [0.29, 0.717) is 23.6 Å². The maximum Gasteiger partial charge on any atom is 0.259 e. The van der Waals surface area contributed by atoms with Crippen LogP contribution in [0.5, 0.6) is 0 Å². The van der Waals surface area contributed by atoms with E-state index in [0.717, 1.165) is 57.2 Å². The Balaban J connectivity index is 1.70. The molecule has 0 bridgehead atoms. The molecule has 0 fully saturated rings. The molecule has 4 aromatic rings. The van der Waals surface area contributed by atoms with Crippen LogP contribution in [0.25, 0.3) is 32.1 Å². The molecule has 31 heavy (non-hydrogen) atoms. The van der Waals surface area contributed by atoms with Gasteiger partial charge in [-0.15, -0.1) is 11.3 Å². The molecule has 0 radical (unpaired) electrons. The van der Waals surface area contributed by atoms with Crippen molar-refractivity contribution in [3.63, 3.8) is 0 Å². The molecular formula is C25H21N3O2S. The first-order valence-electron chi connectivity index (χ1n) is 10.5. The van der Waals surface area contributed by atoms with Gasteiger partial charge in [0.15, 0.2) is 0 Å². The lowest BCUT2D eigenvalue weighted by atomic mass is 9.89. The third-order valence-electron chi connectivity index (χ3n) is 6.59. The van der Waals surface area contributed by atoms with Crippen molar-refractivity contribution in [1.82, 2.24) is 9.88 Å². The molecule has 1 unspecified atom stereocenters. The summed E-state index contributed by atoms with van der Waals surface area (Å²) in [4.78, 5) is 26.2. The van der Waals surface area contributed by atoms with Crippen LogP contribution in [-0.2, 0) is 22.6 Å². The molecule has 2 aromatic carbocycles. The Morgan fingerprint density at radius 3 is 2.58 bits per heavy atom. The van der Waals surface area contributed by atoms with E-state index in [9.17, 15) is 9.59 Å². The van der Waals surface area contributed by atoms with Gasteiger partial charge >= 0.3 is 0 Å². The number of imide groups is 1. The number of thiophene rings is 1. The van der Waals surface area contributed by atoms with Gasteiger partial charge in [-0.1, -0.05) is 36.4 Å². The zero-order valence-corrected chi connectivity index (χ0v) is 17.7. The first-order chi connectivity index (χ1) is 15.2. The van der Waals surface area contributed by atoms with Crippen LogP contribution in [0.2, 0.25) is 0 Å². The van der Waals surface area contributed by atoms with Crippen molar-refractivity contribution < 1.29 is 9.59 Å². The van der Waals surface area contributed by atoms with Gasteiger partial charge in [-0.05, 0) is 37.4 Å². The largest absolute Gasteiger partial charge is 0.344 e. The minimum Gasteiger partial charge on any atom is -0.344 e. The average Bonchev–Trinajstić information content (AvgIpc) is 3.44. The van der Waals surface area contributed by atoms with Crippen LogP contribution in [0.15, 0.2) is 53.9 Å². The zero-order valence-electron chi connectivity index (χ0n) is 16.9. The van der Waals surface area contributed by atoms with E-state index < -0.39 is 0 Å². The van der Waals surface area contributed by atoms with Gasteiger partial charge < -0.3 is 10.3 Å². The van der Waals surface area contributed by atoms with Crippen LogP contribution in [-0.4, -0.2) is 22.9 Å². The van der Waals surface area contributed by atoms with Crippen LogP contribution in [0.1, 0.15) is 23.2 Å². The van der Waals surface area contributed by atoms with Crippen LogP contribution in [0.3, 0.4) is 0 Å². The van der Waals surface area contributed by atoms with Gasteiger partial charge in [-0.2, -0.15) is 0 Å². The fourth-order valence-corrected chi connectivity index (χ4v) is 6.07. The Kier molecular flexibility index (Phi) is 4.13. The highest BCUT2D eigenvalue weighted by molar-refractivity contribution is 7.17. The molecule has 5 nitrogen and oxygen atoms in total. The van der Waals surface area contributed by atoms with Crippen LogP contribution >= 0.6 is 11.3 Å². The van der Waals surface area contributed by atoms with Crippen molar-refractivity contribution in [1.29, 1.82) is 0 Å². The number of nitrogens with one attached hydrogen (secondary N) is 1. The van der Waals surface area contributed by atoms with Crippen molar-refractivity contribution >= 4 is 55.3 Å². The number of nitrogens with zero attached hydrogens (tertiary/aromatic N) is 1. The molecule has 1 atom stereocenters. The monoisotopic (exact) mass is 427 g/mol. The number of para-hydroxylation sites is 1. The summed E-state index contributed by atoms with van der Waals surface area (Å²) in [7, 11) is 0. The topological polar surface area (TPSA) is 77.1 Å². The fraction of sp³-hybridized carbons (Fsp3) is 0.200. The lowest BCUT2D eigenvalue weighted by Crippen LogP contribution is -2.26. The Hall–Kier alpha value is -3.22. The standard InChI is InChI=1S/C25H21N3O2S/c26-12-14-9-10-28-18-7-3-1-6-16(18)21(19(28)11-14)23-22(24(29)27-25(23)30)17-13-31-20-8-4-2-5-15(17)20/h1-8,13-14H,9-12,26H2,(H,27,29,30). The minimum absolute atomic E-state index is 0.315. The van der Waals surface area contributed by atoms with Crippen LogP contribution < -0.4 is 11.1 Å². The Morgan fingerprint density at radius 2 is 1.74 bits per heavy atom. The fourth-order valence-electron chi connectivity index (χ4n) is 5.11. The summed E-state index contributed by atoms with van der Waals surface area (Å²) in [5.74, 6) is -0.259. The number of aryl methyl sites for hydroxylation is 1. The molecule has 0 spiro atoms. The van der Waals surface area contributed by atoms with Crippen molar-refractivity contribution in [3.05, 3.63) is 70.7 Å². The van der Waals surface area contributed by atoms with Crippen LogP contribution in [0, 0.1) is 5.92 Å². The number of hydrogen-bond donors (Lipinski definition) is 2. The van der Waals surface area contributed by atoms with E-state index in [-0.39, 0.29) is 11.8 Å². The second-order valence-electron chi connectivity index (χ2n) is 8.26. The second-order valence-corrected chi connectivity index (χ2v) is 9.18. The Labute approximate surface area is 183 Å². The number of nitrogens with two attached hydrogens (primary N) is 1. The summed E-state index contributed by atoms with van der Waals surface area (Å²) in [6.07, 6.45) is 1.83. The molecule has 3 N–H and O–H groups in total. The maximum absolute atomic E-state index is 13.2. The van der Waals surface area contributed by atoms with E-state index >= 15 is 0 Å². The van der Waals surface area contributed by atoms with E-state index in [1.807, 2.05) is 41.8 Å². The normalized spacial score (nSPS) is 18.8. The summed E-state index contributed by atoms with van der Waals surface area (Å²) in [6, 6.07) is 16.2. The molecule has 2 aliphatic rings. The van der Waals surface area contributed by atoms with Gasteiger partial charge in [0.2, 0.25) is 0 Å². The summed E-state index contributed by atoms with van der Waals surface area (Å²) < 4.78 is 3.41. The molecule has 6 rings (SSSR count). The first kappa shape index (κ1) is 18.5. The summed E-state index contributed by atoms with van der Waals surface area (Å²) in [6.45, 7) is 1.49. The number of hydrogen-bond acceptors (Lipinski definition) is 4. The highest BCUT2D eigenvalue weighted by Crippen LogP contribution is 2.43. The van der Waals surface area contributed by atoms with Gasteiger partial charge in [0, 0.05) is 49.7 Å². The number of benzene rings is 2. The minimum atomic E-state index is -0.321. The number of carbonyl (C=O) groups is 2. The summed E-state index contributed by atoms with van der Waals surface area (Å²) in [5.41, 5.74) is 10.9. The quantitative estimate of drug-likeness (QED) is 0.486. The van der Waals surface area contributed by atoms with Crippen molar-refractivity contribution in [2.75, 3.05) is 6.54 Å². The molecule has 0 saturated heterocycles. The van der Waals surface area contributed by atoms with Gasteiger partial charge in [-0.3, -0.25) is 14.9 Å². The smallest absolute Gasteiger partial charge is 0.259 e. The third-order valence-corrected chi connectivity index (χ3v) is 7.55. The van der Waals surface area contributed by atoms with E-state index in [4.69, 9.17) is 5.73 Å². The molecule has 4 heterocycles. The SMILES string of the molecule is NCC1CCn2c(c(C3=C(c4csc5ccccc45)C(=O)NC3=O)c3ccccc32)C1. The highest BCUT2D eigenvalue weighted by Gasteiger charge is 2.37. The van der Waals surface area contributed by atoms with Crippen molar-refractivity contribution in [3.8, 4) is 0 Å². The maximum atomic E-state index is 13.2. The van der Waals surface area contributed by atoms with Gasteiger partial charge in [0.25, 0.3) is 11.8 Å². The van der Waals surface area contributed by atoms with Crippen molar-refractivity contribution in [2.45, 2.75) is 19.4 Å². The van der Waals surface area contributed by atoms with Gasteiger partial charge in [0.1, 0.15) is 0 Å². The summed E-state index contributed by atoms with van der Waals surface area (Å²) >= 11 is 1.59. The summed E-state index contributed by atoms with van der Waals surface area (Å²) in [5, 5.41) is 6.59. The molecular weight excluding hydrogens is 406 g/mol. The van der Waals surface area contributed by atoms with E-state index in [2.05, 4.69) is 22.0 Å². The average molecular weight is 428 g/mol. The molecule has 2 aliphatic heterocycles. The molecule has 0 aliphatic carbocycles.